The third-order valence-corrected chi connectivity index (χ3v) is 4.71. The van der Waals surface area contributed by atoms with E-state index in [4.69, 9.17) is 23.2 Å². The van der Waals surface area contributed by atoms with Crippen LogP contribution < -0.4 is 0 Å². The monoisotopic (exact) mass is 284 g/mol. The van der Waals surface area contributed by atoms with Crippen LogP contribution in [0, 0.1) is 5.41 Å². The first kappa shape index (κ1) is 13.9. The average molecular weight is 285 g/mol. The van der Waals surface area contributed by atoms with Gasteiger partial charge in [-0.2, -0.15) is 0 Å². The maximum absolute atomic E-state index is 10.8. The normalized spacial score (nSPS) is 28.8. The van der Waals surface area contributed by atoms with E-state index in [0.717, 1.165) is 29.0 Å². The van der Waals surface area contributed by atoms with Crippen LogP contribution in [0.2, 0.25) is 5.02 Å². The van der Waals surface area contributed by atoms with E-state index < -0.39 is 5.60 Å². The number of halogens is 2. The van der Waals surface area contributed by atoms with E-state index in [1.165, 1.54) is 0 Å². The van der Waals surface area contributed by atoms with Gasteiger partial charge in [0, 0.05) is 5.02 Å². The molecule has 0 saturated heterocycles. The molecule has 1 unspecified atom stereocenters. The highest BCUT2D eigenvalue weighted by Gasteiger charge is 2.50. The molecule has 0 aromatic heterocycles. The van der Waals surface area contributed by atoms with Gasteiger partial charge in [-0.3, -0.25) is 0 Å². The standard InChI is InChI=1S/C15H18Cl2O/c1-14(2)8-7-12(15(14,18)10-16)9-11-3-5-13(17)6-4-11/h3-6,9,18H,7-8,10H2,1-2H3. The van der Waals surface area contributed by atoms with Crippen LogP contribution >= 0.6 is 23.2 Å². The number of benzene rings is 1. The van der Waals surface area contributed by atoms with E-state index in [2.05, 4.69) is 13.8 Å². The molecule has 1 atom stereocenters. The molecule has 1 aliphatic carbocycles. The van der Waals surface area contributed by atoms with Crippen molar-refractivity contribution >= 4 is 29.3 Å². The van der Waals surface area contributed by atoms with Gasteiger partial charge >= 0.3 is 0 Å². The fourth-order valence-electron chi connectivity index (χ4n) is 2.51. The SMILES string of the molecule is CC1(C)CCC(=Cc2ccc(Cl)cc2)C1(O)CCl. The van der Waals surface area contributed by atoms with E-state index in [9.17, 15) is 5.11 Å². The Kier molecular flexibility index (Phi) is 3.77. The summed E-state index contributed by atoms with van der Waals surface area (Å²) < 4.78 is 0. The van der Waals surface area contributed by atoms with Crippen LogP contribution in [-0.2, 0) is 0 Å². The molecule has 1 aliphatic rings. The molecule has 1 fully saturated rings. The van der Waals surface area contributed by atoms with Crippen molar-refractivity contribution in [1.29, 1.82) is 0 Å². The molecule has 0 heterocycles. The largest absolute Gasteiger partial charge is 0.384 e. The van der Waals surface area contributed by atoms with Crippen LogP contribution in [0.5, 0.6) is 0 Å². The van der Waals surface area contributed by atoms with Gasteiger partial charge in [-0.1, -0.05) is 43.7 Å². The third kappa shape index (κ3) is 2.32. The Morgan fingerprint density at radius 2 is 1.89 bits per heavy atom. The van der Waals surface area contributed by atoms with Crippen molar-refractivity contribution in [2.45, 2.75) is 32.3 Å². The molecule has 3 heteroatoms. The van der Waals surface area contributed by atoms with Gasteiger partial charge in [0.25, 0.3) is 0 Å². The van der Waals surface area contributed by atoms with Crippen molar-refractivity contribution in [3.8, 4) is 0 Å². The zero-order valence-corrected chi connectivity index (χ0v) is 12.2. The summed E-state index contributed by atoms with van der Waals surface area (Å²) in [5, 5.41) is 11.5. The van der Waals surface area contributed by atoms with Crippen LogP contribution in [0.3, 0.4) is 0 Å². The van der Waals surface area contributed by atoms with Gasteiger partial charge in [0.2, 0.25) is 0 Å². The Labute approximate surface area is 118 Å². The molecule has 2 rings (SSSR count). The van der Waals surface area contributed by atoms with Crippen LogP contribution in [0.1, 0.15) is 32.3 Å². The van der Waals surface area contributed by atoms with Gasteiger partial charge in [-0.15, -0.1) is 11.6 Å². The molecule has 1 nitrogen and oxygen atoms in total. The first-order valence-corrected chi connectivity index (χ1v) is 7.05. The molecule has 1 saturated carbocycles. The highest BCUT2D eigenvalue weighted by Crippen LogP contribution is 2.50. The Morgan fingerprint density at radius 3 is 2.44 bits per heavy atom. The molecular weight excluding hydrogens is 267 g/mol. The molecule has 0 radical (unpaired) electrons. The third-order valence-electron chi connectivity index (χ3n) is 4.07. The van der Waals surface area contributed by atoms with Crippen molar-refractivity contribution in [3.05, 3.63) is 40.4 Å². The molecule has 0 bridgehead atoms. The Bertz CT molecular complexity index is 462. The summed E-state index contributed by atoms with van der Waals surface area (Å²) in [6.07, 6.45) is 3.88. The Morgan fingerprint density at radius 1 is 1.28 bits per heavy atom. The topological polar surface area (TPSA) is 20.2 Å². The van der Waals surface area contributed by atoms with Crippen molar-refractivity contribution < 1.29 is 5.11 Å². The second-order valence-corrected chi connectivity index (χ2v) is 6.30. The second-order valence-electron chi connectivity index (χ2n) is 5.60. The molecule has 1 N–H and O–H groups in total. The van der Waals surface area contributed by atoms with Gasteiger partial charge in [0.1, 0.15) is 5.60 Å². The maximum Gasteiger partial charge on any atom is 0.104 e. The predicted octanol–water partition coefficient (Wildman–Crippen LogP) is 4.51. The summed E-state index contributed by atoms with van der Waals surface area (Å²) in [6.45, 7) is 4.14. The number of hydrogen-bond acceptors (Lipinski definition) is 1. The zero-order chi connectivity index (χ0) is 13.4. The van der Waals surface area contributed by atoms with Gasteiger partial charge < -0.3 is 5.11 Å². The first-order chi connectivity index (χ1) is 8.39. The van der Waals surface area contributed by atoms with E-state index in [-0.39, 0.29) is 11.3 Å². The van der Waals surface area contributed by atoms with E-state index in [1.807, 2.05) is 30.3 Å². The molecule has 1 aromatic carbocycles. The molecule has 0 aliphatic heterocycles. The van der Waals surface area contributed by atoms with Crippen LogP contribution in [-0.4, -0.2) is 16.6 Å². The predicted molar refractivity (Wildman–Crippen MR) is 78.1 cm³/mol. The van der Waals surface area contributed by atoms with Crippen molar-refractivity contribution in [3.63, 3.8) is 0 Å². The van der Waals surface area contributed by atoms with E-state index >= 15 is 0 Å². The van der Waals surface area contributed by atoms with Gasteiger partial charge in [0.05, 0.1) is 5.88 Å². The molecule has 0 amide bonds. The second kappa shape index (κ2) is 4.88. The summed E-state index contributed by atoms with van der Waals surface area (Å²) in [5.74, 6) is 0.236. The smallest absolute Gasteiger partial charge is 0.104 e. The number of aliphatic hydroxyl groups is 1. The van der Waals surface area contributed by atoms with Crippen molar-refractivity contribution in [1.82, 2.24) is 0 Å². The first-order valence-electron chi connectivity index (χ1n) is 6.14. The highest BCUT2D eigenvalue weighted by atomic mass is 35.5. The lowest BCUT2D eigenvalue weighted by molar-refractivity contribution is 0.00748. The van der Waals surface area contributed by atoms with Gasteiger partial charge in [0.15, 0.2) is 0 Å². The quantitative estimate of drug-likeness (QED) is 0.792. The number of alkyl halides is 1. The lowest BCUT2D eigenvalue weighted by atomic mass is 9.77. The maximum atomic E-state index is 10.8. The van der Waals surface area contributed by atoms with Gasteiger partial charge in [-0.05, 0) is 41.5 Å². The van der Waals surface area contributed by atoms with Crippen LogP contribution in [0.4, 0.5) is 0 Å². The zero-order valence-electron chi connectivity index (χ0n) is 10.7. The van der Waals surface area contributed by atoms with Crippen LogP contribution in [0.15, 0.2) is 29.8 Å². The van der Waals surface area contributed by atoms with E-state index in [1.54, 1.807) is 0 Å². The summed E-state index contributed by atoms with van der Waals surface area (Å²) in [6, 6.07) is 7.62. The Hall–Kier alpha value is -0.500. The van der Waals surface area contributed by atoms with Crippen molar-refractivity contribution in [2.24, 2.45) is 5.41 Å². The molecular formula is C15H18Cl2O. The fraction of sp³-hybridized carbons (Fsp3) is 0.467. The van der Waals surface area contributed by atoms with E-state index in [0.29, 0.717) is 0 Å². The minimum atomic E-state index is -0.909. The van der Waals surface area contributed by atoms with Crippen molar-refractivity contribution in [2.75, 3.05) is 5.88 Å². The summed E-state index contributed by atoms with van der Waals surface area (Å²) in [7, 11) is 0. The Balaban J connectivity index is 2.36. The molecule has 98 valence electrons. The van der Waals surface area contributed by atoms with Gasteiger partial charge in [-0.25, -0.2) is 0 Å². The number of rotatable bonds is 2. The van der Waals surface area contributed by atoms with Crippen LogP contribution in [0.25, 0.3) is 6.08 Å². The summed E-state index contributed by atoms with van der Waals surface area (Å²) in [5.41, 5.74) is 0.988. The fourth-order valence-corrected chi connectivity index (χ4v) is 3.17. The summed E-state index contributed by atoms with van der Waals surface area (Å²) in [4.78, 5) is 0. The molecule has 1 aromatic rings. The molecule has 18 heavy (non-hydrogen) atoms. The highest BCUT2D eigenvalue weighted by molar-refractivity contribution is 6.30. The average Bonchev–Trinajstić information content (AvgIpc) is 2.56. The minimum absolute atomic E-state index is 0.174. The minimum Gasteiger partial charge on any atom is -0.384 e. The summed E-state index contributed by atoms with van der Waals surface area (Å²) >= 11 is 11.9. The lowest BCUT2D eigenvalue weighted by Crippen LogP contribution is -2.42. The lowest BCUT2D eigenvalue weighted by Gasteiger charge is -2.36. The molecule has 0 spiro atoms. The number of hydrogen-bond donors (Lipinski definition) is 1.